The van der Waals surface area contributed by atoms with Gasteiger partial charge >= 0.3 is 5.97 Å². The van der Waals surface area contributed by atoms with E-state index < -0.39 is 5.41 Å². The first-order chi connectivity index (χ1) is 7.62. The highest BCUT2D eigenvalue weighted by atomic mass is 16.5. The van der Waals surface area contributed by atoms with Crippen molar-refractivity contribution in [3.63, 3.8) is 0 Å². The summed E-state index contributed by atoms with van der Waals surface area (Å²) in [4.78, 5) is 11.5. The van der Waals surface area contributed by atoms with Gasteiger partial charge < -0.3 is 9.84 Å². The molecule has 88 valence electrons. The summed E-state index contributed by atoms with van der Waals surface area (Å²) in [5.74, 6) is -0.356. The van der Waals surface area contributed by atoms with E-state index in [1.54, 1.807) is 6.92 Å². The Morgan fingerprint density at radius 3 is 2.50 bits per heavy atom. The second kappa shape index (κ2) is 5.66. The molecule has 0 aliphatic heterocycles. The molecule has 1 rings (SSSR count). The smallest absolute Gasteiger partial charge is 0.313 e. The number of hydrogen-bond acceptors (Lipinski definition) is 3. The van der Waals surface area contributed by atoms with Crippen molar-refractivity contribution in [2.75, 3.05) is 13.7 Å². The number of hydrogen-bond donors (Lipinski definition) is 1. The van der Waals surface area contributed by atoms with E-state index in [2.05, 4.69) is 0 Å². The van der Waals surface area contributed by atoms with Gasteiger partial charge in [0.1, 0.15) is 0 Å². The number of methoxy groups -OCH3 is 1. The molecule has 3 nitrogen and oxygen atoms in total. The van der Waals surface area contributed by atoms with Crippen LogP contribution in [0.2, 0.25) is 0 Å². The average molecular weight is 222 g/mol. The van der Waals surface area contributed by atoms with Gasteiger partial charge in [0.2, 0.25) is 0 Å². The third-order valence-electron chi connectivity index (χ3n) is 2.84. The van der Waals surface area contributed by atoms with Gasteiger partial charge in [0.05, 0.1) is 19.1 Å². The summed E-state index contributed by atoms with van der Waals surface area (Å²) < 4.78 is 4.70. The SMILES string of the molecule is COC(=O)C(C)(CO)CCc1ccccc1. The quantitative estimate of drug-likeness (QED) is 0.773. The highest BCUT2D eigenvalue weighted by molar-refractivity contribution is 5.76. The van der Waals surface area contributed by atoms with Crippen LogP contribution in [0.25, 0.3) is 0 Å². The van der Waals surface area contributed by atoms with E-state index in [4.69, 9.17) is 4.74 Å². The molecule has 0 aliphatic rings. The van der Waals surface area contributed by atoms with Gasteiger partial charge in [0, 0.05) is 0 Å². The van der Waals surface area contributed by atoms with E-state index in [1.165, 1.54) is 7.11 Å². The number of carbonyl (C=O) groups excluding carboxylic acids is 1. The Kier molecular flexibility index (Phi) is 4.50. The van der Waals surface area contributed by atoms with E-state index in [-0.39, 0.29) is 12.6 Å². The Morgan fingerprint density at radius 2 is 2.00 bits per heavy atom. The molecule has 3 heteroatoms. The highest BCUT2D eigenvalue weighted by Gasteiger charge is 2.33. The number of carbonyl (C=O) groups is 1. The lowest BCUT2D eigenvalue weighted by Crippen LogP contribution is -2.33. The molecule has 1 aromatic carbocycles. The van der Waals surface area contributed by atoms with E-state index in [9.17, 15) is 9.90 Å². The lowest BCUT2D eigenvalue weighted by atomic mass is 9.85. The summed E-state index contributed by atoms with van der Waals surface area (Å²) in [5.41, 5.74) is 0.357. The van der Waals surface area contributed by atoms with E-state index in [1.807, 2.05) is 30.3 Å². The summed E-state index contributed by atoms with van der Waals surface area (Å²) in [6, 6.07) is 9.90. The average Bonchev–Trinajstić information content (AvgIpc) is 2.36. The number of rotatable bonds is 5. The van der Waals surface area contributed by atoms with Crippen LogP contribution in [0.4, 0.5) is 0 Å². The van der Waals surface area contributed by atoms with Gasteiger partial charge in [-0.05, 0) is 25.3 Å². The van der Waals surface area contributed by atoms with Gasteiger partial charge in [-0.25, -0.2) is 0 Å². The maximum Gasteiger partial charge on any atom is 0.313 e. The van der Waals surface area contributed by atoms with Crippen LogP contribution in [-0.2, 0) is 16.0 Å². The van der Waals surface area contributed by atoms with Crippen LogP contribution in [0.3, 0.4) is 0 Å². The normalized spacial score (nSPS) is 14.2. The first-order valence-corrected chi connectivity index (χ1v) is 5.35. The number of ether oxygens (including phenoxy) is 1. The Labute approximate surface area is 96.1 Å². The standard InChI is InChI=1S/C13H18O3/c1-13(10-14,12(15)16-2)9-8-11-6-4-3-5-7-11/h3-7,14H,8-10H2,1-2H3. The Bertz CT molecular complexity index is 334. The van der Waals surface area contributed by atoms with Crippen molar-refractivity contribution in [1.29, 1.82) is 0 Å². The number of esters is 1. The van der Waals surface area contributed by atoms with Crippen molar-refractivity contribution in [2.24, 2.45) is 5.41 Å². The molecule has 16 heavy (non-hydrogen) atoms. The lowest BCUT2D eigenvalue weighted by Gasteiger charge is -2.23. The highest BCUT2D eigenvalue weighted by Crippen LogP contribution is 2.24. The Morgan fingerprint density at radius 1 is 1.38 bits per heavy atom. The molecule has 0 radical (unpaired) electrons. The van der Waals surface area contributed by atoms with Gasteiger partial charge in [-0.1, -0.05) is 30.3 Å². The minimum absolute atomic E-state index is 0.188. The maximum atomic E-state index is 11.5. The van der Waals surface area contributed by atoms with E-state index >= 15 is 0 Å². The van der Waals surface area contributed by atoms with E-state index in [0.717, 1.165) is 12.0 Å². The van der Waals surface area contributed by atoms with Gasteiger partial charge in [-0.15, -0.1) is 0 Å². The van der Waals surface area contributed by atoms with Crippen molar-refractivity contribution in [1.82, 2.24) is 0 Å². The van der Waals surface area contributed by atoms with E-state index in [0.29, 0.717) is 6.42 Å². The summed E-state index contributed by atoms with van der Waals surface area (Å²) in [7, 11) is 1.35. The zero-order chi connectivity index (χ0) is 12.0. The van der Waals surface area contributed by atoms with Crippen LogP contribution < -0.4 is 0 Å². The summed E-state index contributed by atoms with van der Waals surface area (Å²) in [6.45, 7) is 1.54. The largest absolute Gasteiger partial charge is 0.469 e. The second-order valence-electron chi connectivity index (χ2n) is 4.20. The molecule has 0 aliphatic carbocycles. The fourth-order valence-electron chi connectivity index (χ4n) is 1.56. The molecule has 0 bridgehead atoms. The molecule has 0 saturated heterocycles. The van der Waals surface area contributed by atoms with Gasteiger partial charge in [0.25, 0.3) is 0 Å². The third kappa shape index (κ3) is 3.07. The van der Waals surface area contributed by atoms with Crippen LogP contribution in [-0.4, -0.2) is 24.8 Å². The summed E-state index contributed by atoms with van der Waals surface area (Å²) in [5, 5.41) is 9.26. The molecule has 0 spiro atoms. The zero-order valence-electron chi connectivity index (χ0n) is 9.77. The van der Waals surface area contributed by atoms with Crippen LogP contribution in [0.1, 0.15) is 18.9 Å². The van der Waals surface area contributed by atoms with Crippen LogP contribution in [0.15, 0.2) is 30.3 Å². The Balaban J connectivity index is 2.62. The zero-order valence-corrected chi connectivity index (χ0v) is 9.77. The minimum Gasteiger partial charge on any atom is -0.469 e. The molecule has 1 aromatic rings. The van der Waals surface area contributed by atoms with Crippen molar-refractivity contribution in [2.45, 2.75) is 19.8 Å². The molecule has 0 amide bonds. The number of aliphatic hydroxyl groups excluding tert-OH is 1. The predicted octanol–water partition coefficient (Wildman–Crippen LogP) is 1.79. The molecule has 0 aromatic heterocycles. The predicted molar refractivity (Wildman–Crippen MR) is 62.0 cm³/mol. The van der Waals surface area contributed by atoms with Crippen LogP contribution >= 0.6 is 0 Å². The summed E-state index contributed by atoms with van der Waals surface area (Å²) in [6.07, 6.45) is 1.34. The summed E-state index contributed by atoms with van der Waals surface area (Å²) >= 11 is 0. The fraction of sp³-hybridized carbons (Fsp3) is 0.462. The van der Waals surface area contributed by atoms with Gasteiger partial charge in [-0.2, -0.15) is 0 Å². The van der Waals surface area contributed by atoms with Crippen molar-refractivity contribution < 1.29 is 14.6 Å². The molecule has 0 saturated carbocycles. The second-order valence-corrected chi connectivity index (χ2v) is 4.20. The topological polar surface area (TPSA) is 46.5 Å². The lowest BCUT2D eigenvalue weighted by molar-refractivity contribution is -0.154. The molecule has 1 N–H and O–H groups in total. The molecular weight excluding hydrogens is 204 g/mol. The monoisotopic (exact) mass is 222 g/mol. The number of benzene rings is 1. The molecule has 1 unspecified atom stereocenters. The van der Waals surface area contributed by atoms with Crippen LogP contribution in [0, 0.1) is 5.41 Å². The van der Waals surface area contributed by atoms with Crippen molar-refractivity contribution in [3.05, 3.63) is 35.9 Å². The first kappa shape index (κ1) is 12.7. The van der Waals surface area contributed by atoms with Gasteiger partial charge in [0.15, 0.2) is 0 Å². The van der Waals surface area contributed by atoms with Crippen LogP contribution in [0.5, 0.6) is 0 Å². The first-order valence-electron chi connectivity index (χ1n) is 5.35. The number of aryl methyl sites for hydroxylation is 1. The maximum absolute atomic E-state index is 11.5. The number of aliphatic hydroxyl groups is 1. The molecule has 1 atom stereocenters. The fourth-order valence-corrected chi connectivity index (χ4v) is 1.56. The molecule has 0 fully saturated rings. The van der Waals surface area contributed by atoms with Gasteiger partial charge in [-0.3, -0.25) is 4.79 Å². The molecular formula is C13H18O3. The third-order valence-corrected chi connectivity index (χ3v) is 2.84. The molecule has 0 heterocycles. The Hall–Kier alpha value is -1.35. The van der Waals surface area contributed by atoms with Crippen molar-refractivity contribution in [3.8, 4) is 0 Å². The minimum atomic E-state index is -0.801. The van der Waals surface area contributed by atoms with Crippen molar-refractivity contribution >= 4 is 5.97 Å².